The highest BCUT2D eigenvalue weighted by Gasteiger charge is 2.18. The van der Waals surface area contributed by atoms with Crippen molar-refractivity contribution in [3.8, 4) is 0 Å². The zero-order valence-electron chi connectivity index (χ0n) is 11.2. The number of carbonyl (C=O) groups excluding carboxylic acids is 1. The first-order chi connectivity index (χ1) is 9.20. The van der Waals surface area contributed by atoms with Gasteiger partial charge in [0.2, 0.25) is 5.76 Å². The molecule has 0 bridgehead atoms. The Morgan fingerprint density at radius 3 is 2.68 bits per heavy atom. The van der Waals surface area contributed by atoms with Crippen LogP contribution in [0.25, 0.3) is 0 Å². The molecule has 4 heteroatoms. The molecular formula is C15H17NO3. The summed E-state index contributed by atoms with van der Waals surface area (Å²) in [6, 6.07) is 10.1. The maximum atomic E-state index is 11.6. The van der Waals surface area contributed by atoms with E-state index >= 15 is 0 Å². The zero-order chi connectivity index (χ0) is 13.7. The zero-order valence-corrected chi connectivity index (χ0v) is 11.2. The van der Waals surface area contributed by atoms with Crippen LogP contribution in [0.3, 0.4) is 0 Å². The third-order valence-electron chi connectivity index (χ3n) is 2.77. The van der Waals surface area contributed by atoms with Crippen LogP contribution in [0.5, 0.6) is 0 Å². The number of hydrogen-bond acceptors (Lipinski definition) is 4. The number of esters is 1. The Morgan fingerprint density at radius 1 is 1.26 bits per heavy atom. The van der Waals surface area contributed by atoms with Crippen molar-refractivity contribution in [2.24, 2.45) is 0 Å². The minimum atomic E-state index is -0.446. The molecule has 0 unspecified atom stereocenters. The first kappa shape index (κ1) is 13.3. The predicted molar refractivity (Wildman–Crippen MR) is 71.0 cm³/mol. The van der Waals surface area contributed by atoms with Crippen molar-refractivity contribution in [2.45, 2.75) is 26.7 Å². The molecule has 0 saturated carbocycles. The number of rotatable bonds is 5. The van der Waals surface area contributed by atoms with Gasteiger partial charge in [-0.3, -0.25) is 0 Å². The van der Waals surface area contributed by atoms with Gasteiger partial charge in [-0.25, -0.2) is 9.78 Å². The normalized spacial score (nSPS) is 10.4. The van der Waals surface area contributed by atoms with Gasteiger partial charge in [0.1, 0.15) is 0 Å². The number of aromatic nitrogens is 1. The molecule has 1 aromatic carbocycles. The molecule has 0 fully saturated rings. The average Bonchev–Trinajstić information content (AvgIpc) is 2.79. The van der Waals surface area contributed by atoms with Crippen LogP contribution in [-0.2, 0) is 17.6 Å². The van der Waals surface area contributed by atoms with Crippen LogP contribution in [0.15, 0.2) is 34.7 Å². The van der Waals surface area contributed by atoms with Crippen LogP contribution >= 0.6 is 0 Å². The summed E-state index contributed by atoms with van der Waals surface area (Å²) < 4.78 is 10.4. The van der Waals surface area contributed by atoms with Gasteiger partial charge in [-0.05, 0) is 25.8 Å². The number of nitrogens with zero attached hydrogens (tertiary/aromatic N) is 1. The lowest BCUT2D eigenvalue weighted by atomic mass is 10.1. The molecule has 0 saturated heterocycles. The molecule has 0 spiro atoms. The molecule has 0 atom stereocenters. The van der Waals surface area contributed by atoms with Crippen molar-refractivity contribution >= 4 is 5.97 Å². The summed E-state index contributed by atoms with van der Waals surface area (Å²) >= 11 is 0. The summed E-state index contributed by atoms with van der Waals surface area (Å²) in [6.07, 6.45) is 1.51. The summed E-state index contributed by atoms with van der Waals surface area (Å²) in [5.41, 5.74) is 1.80. The molecule has 1 heterocycles. The quantitative estimate of drug-likeness (QED) is 0.775. The van der Waals surface area contributed by atoms with Crippen molar-refractivity contribution in [2.75, 3.05) is 6.61 Å². The highest BCUT2D eigenvalue weighted by Crippen LogP contribution is 2.14. The van der Waals surface area contributed by atoms with Gasteiger partial charge < -0.3 is 9.15 Å². The lowest BCUT2D eigenvalue weighted by molar-refractivity contribution is 0.0487. The van der Waals surface area contributed by atoms with Gasteiger partial charge in [0.05, 0.1) is 12.3 Å². The molecule has 2 rings (SSSR count). The van der Waals surface area contributed by atoms with Gasteiger partial charge in [-0.1, -0.05) is 30.3 Å². The van der Waals surface area contributed by atoms with E-state index in [0.717, 1.165) is 6.42 Å². The molecule has 1 aromatic heterocycles. The SMILES string of the molecule is CCOC(=O)c1oc(CCc2ccccc2)nc1C. The monoisotopic (exact) mass is 259 g/mol. The van der Waals surface area contributed by atoms with Gasteiger partial charge in [-0.2, -0.15) is 0 Å². The first-order valence-corrected chi connectivity index (χ1v) is 6.38. The molecule has 0 amide bonds. The molecular weight excluding hydrogens is 242 g/mol. The van der Waals surface area contributed by atoms with Crippen molar-refractivity contribution < 1.29 is 13.9 Å². The minimum absolute atomic E-state index is 0.213. The highest BCUT2D eigenvalue weighted by molar-refractivity contribution is 5.87. The second-order valence-corrected chi connectivity index (χ2v) is 4.23. The van der Waals surface area contributed by atoms with Crippen LogP contribution in [-0.4, -0.2) is 17.6 Å². The lowest BCUT2D eigenvalue weighted by Crippen LogP contribution is -2.04. The summed E-state index contributed by atoms with van der Waals surface area (Å²) in [7, 11) is 0. The van der Waals surface area contributed by atoms with Gasteiger partial charge in [0, 0.05) is 6.42 Å². The van der Waals surface area contributed by atoms with Crippen molar-refractivity contribution in [1.82, 2.24) is 4.98 Å². The second kappa shape index (κ2) is 6.18. The molecule has 0 aliphatic carbocycles. The van der Waals surface area contributed by atoms with Crippen LogP contribution in [0.2, 0.25) is 0 Å². The Kier molecular flexibility index (Phi) is 4.34. The summed E-state index contributed by atoms with van der Waals surface area (Å²) in [4.78, 5) is 15.9. The van der Waals surface area contributed by atoms with Gasteiger partial charge in [-0.15, -0.1) is 0 Å². The number of oxazole rings is 1. The number of hydrogen-bond donors (Lipinski definition) is 0. The van der Waals surface area contributed by atoms with E-state index < -0.39 is 5.97 Å². The number of ether oxygens (including phenoxy) is 1. The average molecular weight is 259 g/mol. The largest absolute Gasteiger partial charge is 0.460 e. The topological polar surface area (TPSA) is 52.3 Å². The Bertz CT molecular complexity index is 546. The van der Waals surface area contributed by atoms with E-state index in [9.17, 15) is 4.79 Å². The van der Waals surface area contributed by atoms with Gasteiger partial charge >= 0.3 is 5.97 Å². The number of aryl methyl sites for hydroxylation is 3. The number of carbonyl (C=O) groups is 1. The first-order valence-electron chi connectivity index (χ1n) is 6.38. The Hall–Kier alpha value is -2.10. The molecule has 100 valence electrons. The van der Waals surface area contributed by atoms with Gasteiger partial charge in [0.15, 0.2) is 5.89 Å². The molecule has 0 N–H and O–H groups in total. The molecule has 19 heavy (non-hydrogen) atoms. The van der Waals surface area contributed by atoms with E-state index in [1.807, 2.05) is 18.2 Å². The smallest absolute Gasteiger partial charge is 0.376 e. The molecule has 0 aliphatic rings. The second-order valence-electron chi connectivity index (χ2n) is 4.23. The fourth-order valence-electron chi connectivity index (χ4n) is 1.84. The predicted octanol–water partition coefficient (Wildman–Crippen LogP) is 2.94. The molecule has 0 aliphatic heterocycles. The van der Waals surface area contributed by atoms with E-state index in [2.05, 4.69) is 17.1 Å². The van der Waals surface area contributed by atoms with E-state index in [4.69, 9.17) is 9.15 Å². The molecule has 0 radical (unpaired) electrons. The Morgan fingerprint density at radius 2 is 2.00 bits per heavy atom. The third-order valence-corrected chi connectivity index (χ3v) is 2.77. The van der Waals surface area contributed by atoms with E-state index in [-0.39, 0.29) is 5.76 Å². The van der Waals surface area contributed by atoms with Crippen LogP contribution in [0.4, 0.5) is 0 Å². The van der Waals surface area contributed by atoms with Crippen molar-refractivity contribution in [3.63, 3.8) is 0 Å². The lowest BCUT2D eigenvalue weighted by Gasteiger charge is -1.98. The van der Waals surface area contributed by atoms with Crippen LogP contribution < -0.4 is 0 Å². The molecule has 2 aromatic rings. The van der Waals surface area contributed by atoms with E-state index in [0.29, 0.717) is 24.6 Å². The van der Waals surface area contributed by atoms with Gasteiger partial charge in [0.25, 0.3) is 0 Å². The standard InChI is InChI=1S/C15H17NO3/c1-3-18-15(17)14-11(2)16-13(19-14)10-9-12-7-5-4-6-8-12/h4-8H,3,9-10H2,1-2H3. The molecule has 4 nitrogen and oxygen atoms in total. The maximum Gasteiger partial charge on any atom is 0.376 e. The van der Waals surface area contributed by atoms with E-state index in [1.165, 1.54) is 5.56 Å². The fourth-order valence-corrected chi connectivity index (χ4v) is 1.84. The highest BCUT2D eigenvalue weighted by atomic mass is 16.5. The Labute approximate surface area is 112 Å². The summed E-state index contributed by atoms with van der Waals surface area (Å²) in [6.45, 7) is 3.85. The third kappa shape index (κ3) is 3.44. The van der Waals surface area contributed by atoms with Crippen molar-refractivity contribution in [1.29, 1.82) is 0 Å². The number of benzene rings is 1. The summed E-state index contributed by atoms with van der Waals surface area (Å²) in [5.74, 6) is 0.341. The van der Waals surface area contributed by atoms with Crippen molar-refractivity contribution in [3.05, 3.63) is 53.2 Å². The minimum Gasteiger partial charge on any atom is -0.460 e. The van der Waals surface area contributed by atoms with E-state index in [1.54, 1.807) is 13.8 Å². The maximum absolute atomic E-state index is 11.6. The fraction of sp³-hybridized carbons (Fsp3) is 0.333. The summed E-state index contributed by atoms with van der Waals surface area (Å²) in [5, 5.41) is 0. The van der Waals surface area contributed by atoms with Crippen LogP contribution in [0, 0.1) is 6.92 Å². The van der Waals surface area contributed by atoms with Crippen LogP contribution in [0.1, 0.15) is 34.6 Å². The Balaban J connectivity index is 2.02.